The highest BCUT2D eigenvalue weighted by atomic mass is 14.7. The van der Waals surface area contributed by atoms with Crippen molar-refractivity contribution in [1.29, 1.82) is 0 Å². The Hall–Kier alpha value is -0.0400. The Morgan fingerprint density at radius 3 is 1.69 bits per heavy atom. The normalized spacial score (nSPS) is 26.1. The van der Waals surface area contributed by atoms with Gasteiger partial charge in [0.25, 0.3) is 0 Å². The molecule has 1 nitrogen and oxygen atoms in total. The molecule has 1 fully saturated rings. The first-order chi connectivity index (χ1) is 5.68. The molecule has 0 spiro atoms. The monoisotopic (exact) mass is 183 g/mol. The van der Waals surface area contributed by atoms with Crippen molar-refractivity contribution in [3.8, 4) is 0 Å². The lowest BCUT2D eigenvalue weighted by Gasteiger charge is -2.26. The van der Waals surface area contributed by atoms with Crippen molar-refractivity contribution in [2.45, 2.75) is 48.0 Å². The fourth-order valence-electron chi connectivity index (χ4n) is 3.67. The van der Waals surface area contributed by atoms with Gasteiger partial charge in [0.2, 0.25) is 0 Å². The molecule has 2 N–H and O–H groups in total. The van der Waals surface area contributed by atoms with Crippen molar-refractivity contribution in [2.24, 2.45) is 27.9 Å². The van der Waals surface area contributed by atoms with E-state index in [1.54, 1.807) is 0 Å². The van der Waals surface area contributed by atoms with Gasteiger partial charge in [0.1, 0.15) is 0 Å². The molecule has 1 aliphatic carbocycles. The molecule has 0 amide bonds. The second kappa shape index (κ2) is 2.73. The average molecular weight is 183 g/mol. The maximum absolute atomic E-state index is 5.66. The largest absolute Gasteiger partial charge is 0.330 e. The van der Waals surface area contributed by atoms with Gasteiger partial charge in [-0.1, -0.05) is 41.5 Å². The summed E-state index contributed by atoms with van der Waals surface area (Å²) in [7, 11) is 0. The Morgan fingerprint density at radius 2 is 1.46 bits per heavy atom. The van der Waals surface area contributed by atoms with Gasteiger partial charge in [-0.3, -0.25) is 0 Å². The molecule has 0 radical (unpaired) electrons. The van der Waals surface area contributed by atoms with E-state index in [9.17, 15) is 0 Å². The van der Waals surface area contributed by atoms with Crippen LogP contribution < -0.4 is 5.73 Å². The standard InChI is InChI=1S/C12H25N/c1-10(2,7-8-13)9-11(3,4)12(9,5)6/h9H,7-8,13H2,1-6H3. The molecule has 0 bridgehead atoms. The van der Waals surface area contributed by atoms with E-state index >= 15 is 0 Å². The van der Waals surface area contributed by atoms with Gasteiger partial charge in [-0.05, 0) is 35.1 Å². The Morgan fingerprint density at radius 1 is 1.08 bits per heavy atom. The van der Waals surface area contributed by atoms with Crippen LogP contribution in [0.5, 0.6) is 0 Å². The minimum atomic E-state index is 0.405. The molecule has 0 aromatic rings. The molecule has 1 aliphatic rings. The molecule has 0 unspecified atom stereocenters. The van der Waals surface area contributed by atoms with Crippen molar-refractivity contribution < 1.29 is 0 Å². The quantitative estimate of drug-likeness (QED) is 0.715. The molecular formula is C12H25N. The summed E-state index contributed by atoms with van der Waals surface area (Å²) in [6.45, 7) is 15.1. The lowest BCUT2D eigenvalue weighted by molar-refractivity contribution is 0.238. The molecule has 0 heterocycles. The predicted octanol–water partition coefficient (Wildman–Crippen LogP) is 3.04. The maximum Gasteiger partial charge on any atom is -0.00721 e. The molecule has 13 heavy (non-hydrogen) atoms. The van der Waals surface area contributed by atoms with E-state index in [1.807, 2.05) is 0 Å². The zero-order valence-electron chi connectivity index (χ0n) is 10.1. The highest BCUT2D eigenvalue weighted by molar-refractivity contribution is 5.16. The van der Waals surface area contributed by atoms with Crippen molar-refractivity contribution >= 4 is 0 Å². The number of nitrogens with two attached hydrogens (primary N) is 1. The Balaban J connectivity index is 2.77. The lowest BCUT2D eigenvalue weighted by atomic mass is 9.79. The van der Waals surface area contributed by atoms with Gasteiger partial charge in [0.15, 0.2) is 0 Å². The Bertz CT molecular complexity index is 187. The van der Waals surface area contributed by atoms with Gasteiger partial charge in [-0.25, -0.2) is 0 Å². The first-order valence-electron chi connectivity index (χ1n) is 5.38. The van der Waals surface area contributed by atoms with E-state index in [0.29, 0.717) is 16.2 Å². The molecule has 1 rings (SSSR count). The fraction of sp³-hybridized carbons (Fsp3) is 1.00. The van der Waals surface area contributed by atoms with Gasteiger partial charge in [-0.15, -0.1) is 0 Å². The molecule has 1 heteroatoms. The number of hydrogen-bond acceptors (Lipinski definition) is 1. The molecule has 0 atom stereocenters. The highest BCUT2D eigenvalue weighted by Crippen LogP contribution is 2.74. The van der Waals surface area contributed by atoms with Crippen LogP contribution in [0.15, 0.2) is 0 Å². The van der Waals surface area contributed by atoms with Crippen LogP contribution in [0.3, 0.4) is 0 Å². The summed E-state index contributed by atoms with van der Waals surface area (Å²) >= 11 is 0. The van der Waals surface area contributed by atoms with Crippen LogP contribution in [0.4, 0.5) is 0 Å². The highest BCUT2D eigenvalue weighted by Gasteiger charge is 2.68. The van der Waals surface area contributed by atoms with E-state index in [-0.39, 0.29) is 0 Å². The first-order valence-corrected chi connectivity index (χ1v) is 5.38. The van der Waals surface area contributed by atoms with Crippen LogP contribution in [-0.2, 0) is 0 Å². The van der Waals surface area contributed by atoms with Gasteiger partial charge >= 0.3 is 0 Å². The van der Waals surface area contributed by atoms with Crippen molar-refractivity contribution in [3.05, 3.63) is 0 Å². The topological polar surface area (TPSA) is 26.0 Å². The zero-order valence-corrected chi connectivity index (χ0v) is 10.1. The molecule has 0 saturated heterocycles. The maximum atomic E-state index is 5.66. The second-order valence-corrected chi connectivity index (χ2v) is 6.40. The minimum absolute atomic E-state index is 0.405. The molecule has 0 aromatic carbocycles. The molecule has 1 saturated carbocycles. The van der Waals surface area contributed by atoms with Gasteiger partial charge < -0.3 is 5.73 Å². The van der Waals surface area contributed by atoms with Crippen LogP contribution in [0.2, 0.25) is 0 Å². The summed E-state index contributed by atoms with van der Waals surface area (Å²) in [5.74, 6) is 0.816. The van der Waals surface area contributed by atoms with Crippen LogP contribution in [0.25, 0.3) is 0 Å². The summed E-state index contributed by atoms with van der Waals surface area (Å²) in [5.41, 5.74) is 7.05. The van der Waals surface area contributed by atoms with E-state index in [2.05, 4.69) is 41.5 Å². The number of hydrogen-bond donors (Lipinski definition) is 1. The van der Waals surface area contributed by atoms with Crippen molar-refractivity contribution in [1.82, 2.24) is 0 Å². The molecule has 0 aromatic heterocycles. The molecule has 0 aliphatic heterocycles. The predicted molar refractivity (Wildman–Crippen MR) is 58.5 cm³/mol. The van der Waals surface area contributed by atoms with E-state index in [1.165, 1.54) is 0 Å². The summed E-state index contributed by atoms with van der Waals surface area (Å²) in [6, 6.07) is 0. The Labute approximate surface area is 83.1 Å². The molecular weight excluding hydrogens is 158 g/mol. The van der Waals surface area contributed by atoms with Gasteiger partial charge in [0.05, 0.1) is 0 Å². The average Bonchev–Trinajstić information content (AvgIpc) is 2.22. The van der Waals surface area contributed by atoms with Crippen LogP contribution >= 0.6 is 0 Å². The third-order valence-electron chi connectivity index (χ3n) is 4.59. The summed E-state index contributed by atoms with van der Waals surface area (Å²) < 4.78 is 0. The third kappa shape index (κ3) is 1.41. The smallest absolute Gasteiger partial charge is 0.00721 e. The van der Waals surface area contributed by atoms with Crippen molar-refractivity contribution in [2.75, 3.05) is 6.54 Å². The van der Waals surface area contributed by atoms with Gasteiger partial charge in [0, 0.05) is 0 Å². The zero-order chi connectivity index (χ0) is 10.5. The number of rotatable bonds is 3. The van der Waals surface area contributed by atoms with E-state index in [0.717, 1.165) is 18.9 Å². The van der Waals surface area contributed by atoms with Gasteiger partial charge in [-0.2, -0.15) is 0 Å². The summed E-state index contributed by atoms with van der Waals surface area (Å²) in [5, 5.41) is 0. The summed E-state index contributed by atoms with van der Waals surface area (Å²) in [4.78, 5) is 0. The van der Waals surface area contributed by atoms with E-state index in [4.69, 9.17) is 5.73 Å². The van der Waals surface area contributed by atoms with E-state index < -0.39 is 0 Å². The first kappa shape index (κ1) is 11.0. The SMILES string of the molecule is CC(C)(CCN)C1C(C)(C)C1(C)C. The summed E-state index contributed by atoms with van der Waals surface area (Å²) in [6.07, 6.45) is 1.14. The molecule has 78 valence electrons. The Kier molecular flexibility index (Phi) is 2.31. The minimum Gasteiger partial charge on any atom is -0.330 e. The van der Waals surface area contributed by atoms with Crippen LogP contribution in [0.1, 0.15) is 48.0 Å². The van der Waals surface area contributed by atoms with Crippen molar-refractivity contribution in [3.63, 3.8) is 0 Å². The third-order valence-corrected chi connectivity index (χ3v) is 4.59. The van der Waals surface area contributed by atoms with Crippen LogP contribution in [0, 0.1) is 22.2 Å². The van der Waals surface area contributed by atoms with Crippen LogP contribution in [-0.4, -0.2) is 6.54 Å². The second-order valence-electron chi connectivity index (χ2n) is 6.40. The fourth-order valence-corrected chi connectivity index (χ4v) is 3.67. The lowest BCUT2D eigenvalue weighted by Crippen LogP contribution is -2.22.